The number of nitrogens with zero attached hydrogens (tertiary/aromatic N) is 2. The third-order valence-corrected chi connectivity index (χ3v) is 5.57. The molecular weight excluding hydrogens is 680 g/mol. The van der Waals surface area contributed by atoms with Crippen molar-refractivity contribution in [3.8, 4) is 0 Å². The number of alkyl halides is 20. The predicted molar refractivity (Wildman–Crippen MR) is 74.3 cm³/mol. The smallest absolute Gasteiger partial charge is 0.264 e. The van der Waals surface area contributed by atoms with E-state index in [1.165, 1.54) is 0 Å². The highest BCUT2D eigenvalue weighted by Crippen LogP contribution is 2.64. The lowest BCUT2D eigenvalue weighted by Gasteiger charge is -2.31. The number of hydrogen-bond donors (Lipinski definition) is 0. The number of carbonyl (C=O) groups excluding carboxylic acids is 2. The molecule has 29 heteroatoms. The molecule has 0 aromatic rings. The topological polar surface area (TPSA) is 93.2 Å². The molecule has 0 spiro atoms. The first-order chi connectivity index (χ1) is 17.5. The van der Waals surface area contributed by atoms with Crippen molar-refractivity contribution in [1.82, 2.24) is 9.80 Å². The van der Waals surface area contributed by atoms with E-state index in [2.05, 4.69) is 0 Å². The summed E-state index contributed by atoms with van der Waals surface area (Å²) < 4.78 is 292. The highest BCUT2D eigenvalue weighted by molar-refractivity contribution is 7.82. The Morgan fingerprint density at radius 2 is 0.634 bits per heavy atom. The van der Waals surface area contributed by atoms with Gasteiger partial charge in [-0.1, -0.05) is 0 Å². The minimum atomic E-state index is -8.03. The molecule has 0 aromatic heterocycles. The van der Waals surface area contributed by atoms with Crippen molar-refractivity contribution >= 4 is 22.2 Å². The van der Waals surface area contributed by atoms with Gasteiger partial charge in [-0.2, -0.15) is 105 Å². The summed E-state index contributed by atoms with van der Waals surface area (Å²) in [5.74, 6) is -39.7. The van der Waals surface area contributed by atoms with E-state index < -0.39 is 92.1 Å². The standard InChI is InChI=1S/C12F20N2O6S/c13-3(14,1(35)33-9(25,26)5(17,18)6(19,20)10(33,27)28)39-41(37,38)40-4(15,16)2(36)34-11(29,30)7(21,22)8(23,24)12(34,31)32. The van der Waals surface area contributed by atoms with Crippen LogP contribution in [-0.2, 0) is 28.4 Å². The summed E-state index contributed by atoms with van der Waals surface area (Å²) in [6.45, 7) is 0. The van der Waals surface area contributed by atoms with Crippen molar-refractivity contribution in [2.45, 2.75) is 60.1 Å². The number of hydrogen-bond acceptors (Lipinski definition) is 6. The molecule has 2 heterocycles. The van der Waals surface area contributed by atoms with Crippen LogP contribution in [0.5, 0.6) is 0 Å². The Hall–Kier alpha value is -2.59. The van der Waals surface area contributed by atoms with Gasteiger partial charge in [0.2, 0.25) is 0 Å². The zero-order valence-corrected chi connectivity index (χ0v) is 18.1. The van der Waals surface area contributed by atoms with Crippen molar-refractivity contribution in [2.75, 3.05) is 0 Å². The Bertz CT molecular complexity index is 1110. The van der Waals surface area contributed by atoms with Crippen molar-refractivity contribution in [1.29, 1.82) is 0 Å². The van der Waals surface area contributed by atoms with Crippen molar-refractivity contribution in [3.63, 3.8) is 0 Å². The second-order valence-corrected chi connectivity index (χ2v) is 8.50. The summed E-state index contributed by atoms with van der Waals surface area (Å²) >= 11 is 0. The summed E-state index contributed by atoms with van der Waals surface area (Å²) in [4.78, 5) is 15.1. The van der Waals surface area contributed by atoms with Crippen LogP contribution in [0.3, 0.4) is 0 Å². The monoisotopic (exact) mass is 680 g/mol. The van der Waals surface area contributed by atoms with Crippen LogP contribution in [0, 0.1) is 0 Å². The van der Waals surface area contributed by atoms with E-state index in [1.807, 2.05) is 8.37 Å². The normalized spacial score (nSPS) is 27.1. The van der Waals surface area contributed by atoms with Crippen LogP contribution in [-0.4, -0.2) is 90.1 Å². The predicted octanol–water partition coefficient (Wildman–Crippen LogP) is 4.05. The van der Waals surface area contributed by atoms with Crippen LogP contribution in [0.15, 0.2) is 0 Å². The number of rotatable bonds is 6. The number of halogens is 20. The zero-order valence-electron chi connectivity index (χ0n) is 17.3. The van der Waals surface area contributed by atoms with Gasteiger partial charge in [-0.3, -0.25) is 9.59 Å². The maximum absolute atomic E-state index is 13.7. The molecule has 41 heavy (non-hydrogen) atoms. The van der Waals surface area contributed by atoms with Gasteiger partial charge in [0, 0.05) is 0 Å². The fourth-order valence-corrected chi connectivity index (χ4v) is 3.47. The lowest BCUT2D eigenvalue weighted by molar-refractivity contribution is -0.303. The molecule has 0 radical (unpaired) electrons. The quantitative estimate of drug-likeness (QED) is 0.311. The minimum absolute atomic E-state index is 1.90. The summed E-state index contributed by atoms with van der Waals surface area (Å²) in [7, 11) is -8.03. The van der Waals surface area contributed by atoms with Gasteiger partial charge in [0.1, 0.15) is 0 Å². The van der Waals surface area contributed by atoms with Gasteiger partial charge in [0.05, 0.1) is 0 Å². The van der Waals surface area contributed by atoms with Gasteiger partial charge in [0.15, 0.2) is 0 Å². The molecule has 240 valence electrons. The third kappa shape index (κ3) is 4.07. The molecule has 0 saturated carbocycles. The Balaban J connectivity index is 2.45. The van der Waals surface area contributed by atoms with Crippen LogP contribution in [0.25, 0.3) is 0 Å². The van der Waals surface area contributed by atoms with Crippen molar-refractivity contribution < 1.29 is 114 Å². The summed E-state index contributed by atoms with van der Waals surface area (Å²) in [6, 6.07) is -29.6. The SMILES string of the molecule is O=C(N1C(F)(F)C(F)(F)C(F)(F)C1(F)F)C(F)(F)OS(=O)(=O)OC(F)(F)C(=O)N1C(F)(F)C(F)(F)C(F)(F)C1(F)F. The minimum Gasteiger partial charge on any atom is -0.264 e. The Morgan fingerprint density at radius 1 is 0.463 bits per heavy atom. The molecule has 2 rings (SSSR count). The molecule has 8 nitrogen and oxygen atoms in total. The molecule has 2 aliphatic heterocycles. The van der Waals surface area contributed by atoms with E-state index in [0.29, 0.717) is 0 Å². The van der Waals surface area contributed by atoms with Gasteiger partial charge in [-0.15, -0.1) is 0 Å². The molecule has 0 aliphatic carbocycles. The molecule has 0 atom stereocenters. The van der Waals surface area contributed by atoms with Crippen LogP contribution >= 0.6 is 0 Å². The van der Waals surface area contributed by atoms with Gasteiger partial charge < -0.3 is 0 Å². The van der Waals surface area contributed by atoms with Gasteiger partial charge in [-0.05, 0) is 0 Å². The third-order valence-electron chi connectivity index (χ3n) is 4.74. The second-order valence-electron chi connectivity index (χ2n) is 7.35. The summed E-state index contributed by atoms with van der Waals surface area (Å²) in [5.41, 5.74) is 0. The van der Waals surface area contributed by atoms with Crippen LogP contribution in [0.4, 0.5) is 87.8 Å². The molecule has 0 aromatic carbocycles. The number of carbonyl (C=O) groups is 2. The highest BCUT2D eigenvalue weighted by atomic mass is 32.3. The fourth-order valence-electron chi connectivity index (χ4n) is 2.79. The lowest BCUT2D eigenvalue weighted by atomic mass is 10.2. The van der Waals surface area contributed by atoms with E-state index in [9.17, 15) is 106 Å². The number of likely N-dealkylation sites (tertiary alicyclic amines) is 2. The maximum Gasteiger partial charge on any atom is 0.452 e. The van der Waals surface area contributed by atoms with Crippen LogP contribution in [0.2, 0.25) is 0 Å². The average Bonchev–Trinajstić information content (AvgIpc) is 2.81. The molecule has 2 aliphatic rings. The Morgan fingerprint density at radius 3 is 0.805 bits per heavy atom. The van der Waals surface area contributed by atoms with Crippen molar-refractivity contribution in [2.24, 2.45) is 0 Å². The maximum atomic E-state index is 13.7. The van der Waals surface area contributed by atoms with E-state index in [-0.39, 0.29) is 0 Å². The molecule has 2 saturated heterocycles. The van der Waals surface area contributed by atoms with Crippen LogP contribution < -0.4 is 0 Å². The zero-order chi connectivity index (χ0) is 33.2. The Labute approximate surface area is 207 Å². The Kier molecular flexibility index (Phi) is 6.99. The molecule has 2 amide bonds. The summed E-state index contributed by atoms with van der Waals surface area (Å²) in [5, 5.41) is 0. The van der Waals surface area contributed by atoms with Gasteiger partial charge in [-0.25, -0.2) is 9.80 Å². The molecule has 0 N–H and O–H groups in total. The largest absolute Gasteiger partial charge is 0.452 e. The summed E-state index contributed by atoms with van der Waals surface area (Å²) in [6.07, 6.45) is -14.6. The van der Waals surface area contributed by atoms with E-state index >= 15 is 0 Å². The molecule has 2 fully saturated rings. The van der Waals surface area contributed by atoms with E-state index in [1.54, 1.807) is 0 Å². The molecule has 0 bridgehead atoms. The first-order valence-corrected chi connectivity index (χ1v) is 9.94. The second kappa shape index (κ2) is 8.28. The molecular formula is C12F20N2O6S. The number of amides is 2. The van der Waals surface area contributed by atoms with Crippen LogP contribution in [0.1, 0.15) is 0 Å². The lowest BCUT2D eigenvalue weighted by Crippen LogP contribution is -2.60. The van der Waals surface area contributed by atoms with Gasteiger partial charge >= 0.3 is 82.3 Å². The van der Waals surface area contributed by atoms with E-state index in [0.717, 1.165) is 0 Å². The van der Waals surface area contributed by atoms with Crippen molar-refractivity contribution in [3.05, 3.63) is 0 Å². The highest BCUT2D eigenvalue weighted by Gasteiger charge is 2.96. The first kappa shape index (κ1) is 34.6. The average molecular weight is 680 g/mol. The van der Waals surface area contributed by atoms with E-state index in [4.69, 9.17) is 0 Å². The molecule has 0 unspecified atom stereocenters. The first-order valence-electron chi connectivity index (χ1n) is 8.60. The fraction of sp³-hybridized carbons (Fsp3) is 0.833. The van der Waals surface area contributed by atoms with Gasteiger partial charge in [0.25, 0.3) is 0 Å².